The number of fused-ring (bicyclic) bond motifs is 1. The van der Waals surface area contributed by atoms with E-state index in [4.69, 9.17) is 44.0 Å². The van der Waals surface area contributed by atoms with Crippen LogP contribution in [0.4, 0.5) is 0 Å². The van der Waals surface area contributed by atoms with Gasteiger partial charge in [0.05, 0.1) is 0 Å². The number of carbonyl (C=O) groups is 1. The van der Waals surface area contributed by atoms with Gasteiger partial charge in [0.25, 0.3) is 3.79 Å². The first-order valence-electron chi connectivity index (χ1n) is 5.78. The third kappa shape index (κ3) is 3.59. The molecule has 2 rings (SSSR count). The number of carbonyl (C=O) groups excluding carboxylic acids is 1. The molecule has 0 aliphatic rings. The molecule has 0 bridgehead atoms. The van der Waals surface area contributed by atoms with E-state index < -0.39 is 15.4 Å². The van der Waals surface area contributed by atoms with E-state index in [9.17, 15) is 9.59 Å². The molecule has 0 amide bonds. The van der Waals surface area contributed by atoms with E-state index in [1.165, 1.54) is 18.2 Å². The lowest BCUT2D eigenvalue weighted by Crippen LogP contribution is -2.25. The average molecular weight is 348 g/mol. The second-order valence-electron chi connectivity index (χ2n) is 4.09. The molecule has 0 atom stereocenters. The van der Waals surface area contributed by atoms with Crippen molar-refractivity contribution in [3.8, 4) is 5.75 Å². The zero-order chi connectivity index (χ0) is 15.6. The number of benzene rings is 1. The number of allylic oxidation sites excluding steroid dienone is 1. The molecule has 2 aromatic rings. The summed E-state index contributed by atoms with van der Waals surface area (Å²) < 4.78 is 7.99. The van der Waals surface area contributed by atoms with Crippen molar-refractivity contribution in [2.75, 3.05) is 0 Å². The Morgan fingerprint density at radius 2 is 2.00 bits per heavy atom. The first kappa shape index (κ1) is 15.9. The van der Waals surface area contributed by atoms with Gasteiger partial charge in [-0.05, 0) is 24.6 Å². The van der Waals surface area contributed by atoms with Crippen LogP contribution in [-0.2, 0) is 11.2 Å². The van der Waals surface area contributed by atoms with Gasteiger partial charge in [0.15, 0.2) is 0 Å². The van der Waals surface area contributed by atoms with Crippen LogP contribution in [-0.4, -0.2) is 9.76 Å². The third-order valence-corrected chi connectivity index (χ3v) is 3.12. The van der Waals surface area contributed by atoms with Crippen molar-refractivity contribution in [2.45, 2.75) is 10.2 Å². The first-order valence-corrected chi connectivity index (χ1v) is 6.92. The Morgan fingerprint density at radius 3 is 2.62 bits per heavy atom. The summed E-state index contributed by atoms with van der Waals surface area (Å²) in [5.74, 6) is -0.804. The Kier molecular flexibility index (Phi) is 4.61. The minimum absolute atomic E-state index is 0.215. The van der Waals surface area contributed by atoms with Gasteiger partial charge in [-0.15, -0.1) is 6.58 Å². The monoisotopic (exact) mass is 346 g/mol. The van der Waals surface area contributed by atoms with Gasteiger partial charge in [-0.2, -0.15) is 0 Å². The highest BCUT2D eigenvalue weighted by Crippen LogP contribution is 2.32. The van der Waals surface area contributed by atoms with Crippen molar-refractivity contribution in [3.05, 3.63) is 52.9 Å². The van der Waals surface area contributed by atoms with E-state index in [-0.39, 0.29) is 5.75 Å². The maximum Gasteiger partial charge on any atom is 0.363 e. The Hall–Kier alpha value is -1.49. The van der Waals surface area contributed by atoms with Crippen LogP contribution in [0.25, 0.3) is 11.0 Å². The summed E-state index contributed by atoms with van der Waals surface area (Å²) in [6, 6.07) is 5.82. The van der Waals surface area contributed by atoms with Crippen LogP contribution in [0, 0.1) is 0 Å². The lowest BCUT2D eigenvalue weighted by Gasteiger charge is -2.14. The number of halogens is 3. The number of hydrogen-bond donors (Lipinski definition) is 0. The summed E-state index contributed by atoms with van der Waals surface area (Å²) in [5.41, 5.74) is 0.500. The quantitative estimate of drug-likeness (QED) is 0.279. The highest BCUT2D eigenvalue weighted by molar-refractivity contribution is 6.75. The number of hydrogen-bond acceptors (Lipinski definition) is 4. The summed E-state index contributed by atoms with van der Waals surface area (Å²) >= 11 is 16.4. The maximum atomic E-state index is 11.7. The van der Waals surface area contributed by atoms with Gasteiger partial charge in [-0.3, -0.25) is 0 Å². The molecule has 1 aromatic heterocycles. The van der Waals surface area contributed by atoms with Crippen LogP contribution < -0.4 is 10.4 Å². The predicted octanol–water partition coefficient (Wildman–Crippen LogP) is 3.80. The Labute approximate surface area is 134 Å². The lowest BCUT2D eigenvalue weighted by atomic mass is 10.0. The van der Waals surface area contributed by atoms with Gasteiger partial charge in [-0.25, -0.2) is 9.59 Å². The lowest BCUT2D eigenvalue weighted by molar-refractivity contribution is -0.133. The fraction of sp³-hybridized carbons (Fsp3) is 0.143. The summed E-state index contributed by atoms with van der Waals surface area (Å²) in [7, 11) is 0. The van der Waals surface area contributed by atoms with Gasteiger partial charge in [0, 0.05) is 17.0 Å². The van der Waals surface area contributed by atoms with Crippen LogP contribution in [0.3, 0.4) is 0 Å². The van der Waals surface area contributed by atoms with Crippen molar-refractivity contribution in [3.63, 3.8) is 0 Å². The molecule has 0 saturated heterocycles. The zero-order valence-corrected chi connectivity index (χ0v) is 12.8. The molecule has 110 valence electrons. The van der Waals surface area contributed by atoms with Crippen molar-refractivity contribution < 1.29 is 13.9 Å². The third-order valence-electron chi connectivity index (χ3n) is 2.65. The summed E-state index contributed by atoms with van der Waals surface area (Å²) in [4.78, 5) is 22.9. The fourth-order valence-electron chi connectivity index (χ4n) is 1.80. The Balaban J connectivity index is 2.56. The molecule has 0 spiro atoms. The molecule has 7 heteroatoms. The predicted molar refractivity (Wildman–Crippen MR) is 82.3 cm³/mol. The largest absolute Gasteiger partial charge is 0.423 e. The van der Waals surface area contributed by atoms with E-state index >= 15 is 0 Å². The molecule has 0 unspecified atom stereocenters. The molecule has 21 heavy (non-hydrogen) atoms. The van der Waals surface area contributed by atoms with Gasteiger partial charge in [0.1, 0.15) is 11.3 Å². The zero-order valence-electron chi connectivity index (χ0n) is 10.6. The van der Waals surface area contributed by atoms with Crippen molar-refractivity contribution in [1.82, 2.24) is 0 Å². The Bertz CT molecular complexity index is 759. The molecule has 0 fully saturated rings. The van der Waals surface area contributed by atoms with Gasteiger partial charge < -0.3 is 9.15 Å². The summed E-state index contributed by atoms with van der Waals surface area (Å²) in [6.07, 6.45) is 2.00. The van der Waals surface area contributed by atoms with E-state index in [0.29, 0.717) is 23.0 Å². The van der Waals surface area contributed by atoms with Crippen LogP contribution in [0.2, 0.25) is 0 Å². The standard InChI is InChI=1S/C14H9Cl3O4/c1-2-3-8-9-4-7-12(18)20-10(9)5-6-11(8)21-13(19)14(15,16)17/h2,4-7H,1,3H2. The van der Waals surface area contributed by atoms with E-state index in [0.717, 1.165) is 0 Å². The number of alkyl halides is 3. The maximum absolute atomic E-state index is 11.7. The number of esters is 1. The van der Waals surface area contributed by atoms with Gasteiger partial charge >= 0.3 is 11.6 Å². The van der Waals surface area contributed by atoms with E-state index in [1.54, 1.807) is 12.1 Å². The average Bonchev–Trinajstić information content (AvgIpc) is 2.40. The van der Waals surface area contributed by atoms with Crippen molar-refractivity contribution in [1.29, 1.82) is 0 Å². The number of rotatable bonds is 3. The molecule has 0 saturated carbocycles. The van der Waals surface area contributed by atoms with E-state index in [2.05, 4.69) is 6.58 Å². The fourth-order valence-corrected chi connectivity index (χ4v) is 1.91. The second-order valence-corrected chi connectivity index (χ2v) is 6.37. The minimum atomic E-state index is -2.18. The second kappa shape index (κ2) is 6.10. The molecule has 0 aliphatic carbocycles. The molecular weight excluding hydrogens is 339 g/mol. The van der Waals surface area contributed by atoms with Gasteiger partial charge in [-0.1, -0.05) is 40.9 Å². The summed E-state index contributed by atoms with van der Waals surface area (Å²) in [5, 5.41) is 0.615. The van der Waals surface area contributed by atoms with E-state index in [1.807, 2.05) is 0 Å². The molecule has 0 radical (unpaired) electrons. The van der Waals surface area contributed by atoms with Crippen molar-refractivity contribution in [2.24, 2.45) is 0 Å². The van der Waals surface area contributed by atoms with Crippen LogP contribution in [0.15, 0.2) is 46.1 Å². The normalized spacial score (nSPS) is 11.4. The highest BCUT2D eigenvalue weighted by atomic mass is 35.6. The Morgan fingerprint density at radius 1 is 1.29 bits per heavy atom. The molecular formula is C14H9Cl3O4. The highest BCUT2D eigenvalue weighted by Gasteiger charge is 2.33. The SMILES string of the molecule is C=CCc1c(OC(=O)C(Cl)(Cl)Cl)ccc2oc(=O)ccc12. The van der Waals surface area contributed by atoms with Crippen molar-refractivity contribution >= 4 is 51.7 Å². The smallest absolute Gasteiger partial charge is 0.363 e. The van der Waals surface area contributed by atoms with Crippen LogP contribution in [0.1, 0.15) is 5.56 Å². The topological polar surface area (TPSA) is 56.5 Å². The summed E-state index contributed by atoms with van der Waals surface area (Å²) in [6.45, 7) is 3.64. The van der Waals surface area contributed by atoms with Crippen LogP contribution >= 0.6 is 34.8 Å². The van der Waals surface area contributed by atoms with Crippen LogP contribution in [0.5, 0.6) is 5.75 Å². The molecule has 0 aliphatic heterocycles. The van der Waals surface area contributed by atoms with Gasteiger partial charge in [0.2, 0.25) is 0 Å². The number of ether oxygens (including phenoxy) is 1. The molecule has 1 aromatic carbocycles. The first-order chi connectivity index (χ1) is 9.82. The molecule has 4 nitrogen and oxygen atoms in total. The molecule has 0 N–H and O–H groups in total. The molecule has 1 heterocycles. The minimum Gasteiger partial charge on any atom is -0.423 e.